The topological polar surface area (TPSA) is 116 Å². The quantitative estimate of drug-likeness (QED) is 0.552. The fourth-order valence-corrected chi connectivity index (χ4v) is 3.37. The van der Waals surface area contributed by atoms with Crippen LogP contribution in [0.3, 0.4) is 0 Å². The van der Waals surface area contributed by atoms with Crippen LogP contribution in [0.15, 0.2) is 30.3 Å². The summed E-state index contributed by atoms with van der Waals surface area (Å²) in [5.74, 6) is -2.54. The molecule has 0 spiro atoms. The number of ether oxygens (including phenoxy) is 1. The zero-order valence-electron chi connectivity index (χ0n) is 16.2. The fourth-order valence-electron chi connectivity index (χ4n) is 3.37. The van der Waals surface area contributed by atoms with Gasteiger partial charge in [-0.25, -0.2) is 4.79 Å². The molecule has 1 aliphatic heterocycles. The van der Waals surface area contributed by atoms with Crippen molar-refractivity contribution in [1.82, 2.24) is 10.2 Å². The van der Waals surface area contributed by atoms with Gasteiger partial charge >= 0.3 is 11.9 Å². The molecule has 1 saturated heterocycles. The molecule has 0 bridgehead atoms. The van der Waals surface area contributed by atoms with E-state index in [1.165, 1.54) is 4.90 Å². The van der Waals surface area contributed by atoms with Crippen LogP contribution < -0.4 is 5.32 Å². The Hall–Kier alpha value is -2.45. The Morgan fingerprint density at radius 1 is 1.25 bits per heavy atom. The van der Waals surface area contributed by atoms with E-state index in [0.717, 1.165) is 5.56 Å². The molecule has 1 heterocycles. The standard InChI is InChI=1S/C20H28N2O6/c1-3-7-16(19(24)25)21-13(2)18(23)22-11-15(10-17(22)20(26)27)28-12-14-8-5-4-6-9-14/h4-6,8-9,13,15-17,21H,3,7,10-12H2,1-2H3,(H,24,25)(H,26,27)/t13-,15?,16?,17?/m0/s1. The first-order valence-corrected chi connectivity index (χ1v) is 9.51. The van der Waals surface area contributed by atoms with Gasteiger partial charge in [-0.05, 0) is 18.9 Å². The molecule has 4 atom stereocenters. The lowest BCUT2D eigenvalue weighted by Gasteiger charge is -2.27. The third-order valence-electron chi connectivity index (χ3n) is 4.86. The van der Waals surface area contributed by atoms with Crippen molar-refractivity contribution < 1.29 is 29.3 Å². The van der Waals surface area contributed by atoms with Gasteiger partial charge in [0.15, 0.2) is 0 Å². The first kappa shape index (κ1) is 21.8. The van der Waals surface area contributed by atoms with Gasteiger partial charge in [0, 0.05) is 13.0 Å². The van der Waals surface area contributed by atoms with Crippen LogP contribution in [0.5, 0.6) is 0 Å². The number of hydrogen-bond acceptors (Lipinski definition) is 5. The van der Waals surface area contributed by atoms with Gasteiger partial charge in [-0.15, -0.1) is 0 Å². The highest BCUT2D eigenvalue weighted by Gasteiger charge is 2.41. The molecule has 0 aliphatic carbocycles. The zero-order valence-corrected chi connectivity index (χ0v) is 16.2. The van der Waals surface area contributed by atoms with Crippen molar-refractivity contribution in [2.24, 2.45) is 0 Å². The number of carbonyl (C=O) groups excluding carboxylic acids is 1. The molecule has 8 nitrogen and oxygen atoms in total. The molecule has 1 amide bonds. The lowest BCUT2D eigenvalue weighted by Crippen LogP contribution is -2.53. The maximum Gasteiger partial charge on any atom is 0.326 e. The summed E-state index contributed by atoms with van der Waals surface area (Å²) >= 11 is 0. The summed E-state index contributed by atoms with van der Waals surface area (Å²) in [5, 5.41) is 21.6. The van der Waals surface area contributed by atoms with Crippen LogP contribution in [0.1, 0.15) is 38.7 Å². The van der Waals surface area contributed by atoms with E-state index in [9.17, 15) is 24.6 Å². The van der Waals surface area contributed by atoms with E-state index in [2.05, 4.69) is 5.32 Å². The van der Waals surface area contributed by atoms with Gasteiger partial charge in [0.2, 0.25) is 5.91 Å². The first-order chi connectivity index (χ1) is 13.3. The van der Waals surface area contributed by atoms with Gasteiger partial charge in [-0.1, -0.05) is 43.7 Å². The summed E-state index contributed by atoms with van der Waals surface area (Å²) in [6.45, 7) is 3.93. The average molecular weight is 392 g/mol. The number of amides is 1. The Balaban J connectivity index is 1.99. The van der Waals surface area contributed by atoms with E-state index in [0.29, 0.717) is 19.4 Å². The molecule has 0 aromatic heterocycles. The molecule has 2 rings (SSSR count). The number of nitrogens with one attached hydrogen (secondary N) is 1. The van der Waals surface area contributed by atoms with Crippen LogP contribution in [0.2, 0.25) is 0 Å². The summed E-state index contributed by atoms with van der Waals surface area (Å²) in [6.07, 6.45) is 0.862. The number of carboxylic acid groups (broad SMARTS) is 2. The normalized spacial score (nSPS) is 21.3. The molecule has 1 aromatic rings. The second-order valence-corrected chi connectivity index (χ2v) is 7.07. The monoisotopic (exact) mass is 392 g/mol. The Morgan fingerprint density at radius 3 is 2.50 bits per heavy atom. The first-order valence-electron chi connectivity index (χ1n) is 9.51. The zero-order chi connectivity index (χ0) is 20.7. The highest BCUT2D eigenvalue weighted by Crippen LogP contribution is 2.23. The van der Waals surface area contributed by atoms with E-state index in [-0.39, 0.29) is 19.1 Å². The van der Waals surface area contributed by atoms with Crippen LogP contribution in [0.25, 0.3) is 0 Å². The Kier molecular flexibility index (Phi) is 7.95. The molecule has 0 saturated carbocycles. The lowest BCUT2D eigenvalue weighted by atomic mass is 10.1. The lowest BCUT2D eigenvalue weighted by molar-refractivity contribution is -0.149. The van der Waals surface area contributed by atoms with Crippen molar-refractivity contribution in [3.63, 3.8) is 0 Å². The van der Waals surface area contributed by atoms with Crippen molar-refractivity contribution in [3.8, 4) is 0 Å². The van der Waals surface area contributed by atoms with Gasteiger partial charge < -0.3 is 19.8 Å². The second-order valence-electron chi connectivity index (χ2n) is 7.07. The third kappa shape index (κ3) is 5.77. The smallest absolute Gasteiger partial charge is 0.326 e. The SMILES string of the molecule is CCCC(N[C@@H](C)C(=O)N1CC(OCc2ccccc2)CC1C(=O)O)C(=O)O. The third-order valence-corrected chi connectivity index (χ3v) is 4.86. The molecule has 28 heavy (non-hydrogen) atoms. The van der Waals surface area contributed by atoms with Gasteiger partial charge in [0.1, 0.15) is 12.1 Å². The summed E-state index contributed by atoms with van der Waals surface area (Å²) < 4.78 is 5.82. The van der Waals surface area contributed by atoms with Crippen molar-refractivity contribution in [2.75, 3.05) is 6.54 Å². The Morgan fingerprint density at radius 2 is 1.93 bits per heavy atom. The summed E-state index contributed by atoms with van der Waals surface area (Å²) in [4.78, 5) is 37.0. The van der Waals surface area contributed by atoms with Crippen LogP contribution >= 0.6 is 0 Å². The van der Waals surface area contributed by atoms with Crippen molar-refractivity contribution in [2.45, 2.75) is 63.9 Å². The molecule has 1 aliphatic rings. The van der Waals surface area contributed by atoms with Gasteiger partial charge in [-0.3, -0.25) is 14.9 Å². The van der Waals surface area contributed by atoms with Crippen molar-refractivity contribution in [3.05, 3.63) is 35.9 Å². The minimum atomic E-state index is -1.09. The number of benzene rings is 1. The van der Waals surface area contributed by atoms with E-state index in [1.807, 2.05) is 37.3 Å². The van der Waals surface area contributed by atoms with Gasteiger partial charge in [0.25, 0.3) is 0 Å². The number of hydrogen-bond donors (Lipinski definition) is 3. The number of aliphatic carboxylic acids is 2. The van der Waals surface area contributed by atoms with Crippen LogP contribution in [0, 0.1) is 0 Å². The molecular formula is C20H28N2O6. The van der Waals surface area contributed by atoms with Gasteiger partial charge in [0.05, 0.1) is 18.8 Å². The highest BCUT2D eigenvalue weighted by atomic mass is 16.5. The van der Waals surface area contributed by atoms with Crippen LogP contribution in [-0.4, -0.2) is 63.7 Å². The van der Waals surface area contributed by atoms with Crippen LogP contribution in [0.4, 0.5) is 0 Å². The minimum Gasteiger partial charge on any atom is -0.480 e. The Bertz CT molecular complexity index is 681. The summed E-state index contributed by atoms with van der Waals surface area (Å²) in [7, 11) is 0. The number of rotatable bonds is 10. The number of nitrogens with zero attached hydrogens (tertiary/aromatic N) is 1. The predicted molar refractivity (Wildman–Crippen MR) is 102 cm³/mol. The van der Waals surface area contributed by atoms with Crippen molar-refractivity contribution >= 4 is 17.8 Å². The number of carboxylic acids is 2. The van der Waals surface area contributed by atoms with Crippen LogP contribution in [-0.2, 0) is 25.7 Å². The maximum absolute atomic E-state index is 12.8. The molecule has 0 radical (unpaired) electrons. The summed E-state index contributed by atoms with van der Waals surface area (Å²) in [6, 6.07) is 6.89. The predicted octanol–water partition coefficient (Wildman–Crippen LogP) is 1.49. The average Bonchev–Trinajstić information content (AvgIpc) is 3.10. The molecule has 8 heteroatoms. The summed E-state index contributed by atoms with van der Waals surface area (Å²) in [5.41, 5.74) is 0.970. The van der Waals surface area contributed by atoms with E-state index >= 15 is 0 Å². The largest absolute Gasteiger partial charge is 0.480 e. The maximum atomic E-state index is 12.8. The molecule has 3 N–H and O–H groups in total. The van der Waals surface area contributed by atoms with Crippen molar-refractivity contribution in [1.29, 1.82) is 0 Å². The number of carbonyl (C=O) groups is 3. The Labute approximate surface area is 164 Å². The molecule has 1 fully saturated rings. The molecule has 154 valence electrons. The number of likely N-dealkylation sites (tertiary alicyclic amines) is 1. The minimum absolute atomic E-state index is 0.167. The fraction of sp³-hybridized carbons (Fsp3) is 0.550. The molecular weight excluding hydrogens is 364 g/mol. The van der Waals surface area contributed by atoms with E-state index < -0.39 is 36.0 Å². The molecule has 3 unspecified atom stereocenters. The highest BCUT2D eigenvalue weighted by molar-refractivity contribution is 5.88. The van der Waals surface area contributed by atoms with E-state index in [4.69, 9.17) is 4.74 Å². The molecule has 1 aromatic carbocycles. The van der Waals surface area contributed by atoms with E-state index in [1.54, 1.807) is 6.92 Å². The van der Waals surface area contributed by atoms with Gasteiger partial charge in [-0.2, -0.15) is 0 Å². The second kappa shape index (κ2) is 10.2.